The fourth-order valence-electron chi connectivity index (χ4n) is 1.91. The van der Waals surface area contributed by atoms with E-state index in [0.29, 0.717) is 5.56 Å². The molecule has 0 aliphatic heterocycles. The van der Waals surface area contributed by atoms with Gasteiger partial charge in [0.15, 0.2) is 0 Å². The zero-order valence-electron chi connectivity index (χ0n) is 11.8. The highest BCUT2D eigenvalue weighted by Crippen LogP contribution is 2.18. The third-order valence-electron chi connectivity index (χ3n) is 3.06. The number of carbonyl (C=O) groups excluding carboxylic acids is 1. The molecule has 7 heteroatoms. The molecule has 1 aromatic heterocycles. The van der Waals surface area contributed by atoms with Gasteiger partial charge in [0.25, 0.3) is 0 Å². The van der Waals surface area contributed by atoms with Gasteiger partial charge in [0.1, 0.15) is 11.6 Å². The molecule has 1 amide bonds. The molecule has 0 fully saturated rings. The van der Waals surface area contributed by atoms with Gasteiger partial charge in [0, 0.05) is 12.1 Å². The maximum absolute atomic E-state index is 13.2. The standard InChI is InChI=1S/C16H11F2N3O2/c17-12-6-4-10(5-7-12)9-19-14(22)16-21-20-15(23-16)11-2-1-3-13(18)8-11/h1-8H,9H2,(H,19,22). The van der Waals surface area contributed by atoms with Gasteiger partial charge in [0.2, 0.25) is 5.89 Å². The van der Waals surface area contributed by atoms with Crippen molar-refractivity contribution in [2.45, 2.75) is 6.54 Å². The van der Waals surface area contributed by atoms with E-state index in [9.17, 15) is 13.6 Å². The van der Waals surface area contributed by atoms with Crippen LogP contribution in [0, 0.1) is 11.6 Å². The van der Waals surface area contributed by atoms with Crippen LogP contribution in [0.25, 0.3) is 11.5 Å². The summed E-state index contributed by atoms with van der Waals surface area (Å²) in [4.78, 5) is 11.9. The zero-order valence-corrected chi connectivity index (χ0v) is 11.8. The Morgan fingerprint density at radius 3 is 2.57 bits per heavy atom. The minimum absolute atomic E-state index is 0.0523. The molecule has 1 N–H and O–H groups in total. The number of hydrogen-bond donors (Lipinski definition) is 1. The Labute approximate surface area is 130 Å². The molecule has 0 aliphatic carbocycles. The predicted molar refractivity (Wildman–Crippen MR) is 77.3 cm³/mol. The third kappa shape index (κ3) is 3.57. The summed E-state index contributed by atoms with van der Waals surface area (Å²) in [5.41, 5.74) is 1.11. The van der Waals surface area contributed by atoms with Gasteiger partial charge >= 0.3 is 11.8 Å². The quantitative estimate of drug-likeness (QED) is 0.804. The van der Waals surface area contributed by atoms with Gasteiger partial charge in [-0.25, -0.2) is 8.78 Å². The summed E-state index contributed by atoms with van der Waals surface area (Å²) >= 11 is 0. The van der Waals surface area contributed by atoms with Crippen LogP contribution in [0.5, 0.6) is 0 Å². The first-order valence-corrected chi connectivity index (χ1v) is 6.74. The van der Waals surface area contributed by atoms with E-state index in [0.717, 1.165) is 5.56 Å². The lowest BCUT2D eigenvalue weighted by atomic mass is 10.2. The van der Waals surface area contributed by atoms with Crippen molar-refractivity contribution in [3.63, 3.8) is 0 Å². The highest BCUT2D eigenvalue weighted by Gasteiger charge is 2.15. The van der Waals surface area contributed by atoms with E-state index in [4.69, 9.17) is 4.42 Å². The SMILES string of the molecule is O=C(NCc1ccc(F)cc1)c1nnc(-c2cccc(F)c2)o1. The van der Waals surface area contributed by atoms with Gasteiger partial charge in [0.05, 0.1) is 0 Å². The van der Waals surface area contributed by atoms with Gasteiger partial charge in [-0.3, -0.25) is 4.79 Å². The molecule has 0 spiro atoms. The minimum atomic E-state index is -0.565. The maximum atomic E-state index is 13.2. The van der Waals surface area contributed by atoms with Gasteiger partial charge < -0.3 is 9.73 Å². The van der Waals surface area contributed by atoms with Crippen LogP contribution < -0.4 is 5.32 Å². The number of rotatable bonds is 4. The van der Waals surface area contributed by atoms with Crippen LogP contribution in [-0.4, -0.2) is 16.1 Å². The first-order valence-electron chi connectivity index (χ1n) is 6.74. The number of nitrogens with one attached hydrogen (secondary N) is 1. The Morgan fingerprint density at radius 2 is 1.83 bits per heavy atom. The highest BCUT2D eigenvalue weighted by molar-refractivity contribution is 5.89. The van der Waals surface area contributed by atoms with Crippen LogP contribution in [0.4, 0.5) is 8.78 Å². The lowest BCUT2D eigenvalue weighted by molar-refractivity contribution is 0.0917. The normalized spacial score (nSPS) is 10.5. The van der Waals surface area contributed by atoms with Crippen molar-refractivity contribution in [3.8, 4) is 11.5 Å². The average Bonchev–Trinajstić information content (AvgIpc) is 3.04. The molecule has 5 nitrogen and oxygen atoms in total. The molecule has 0 aliphatic rings. The van der Waals surface area contributed by atoms with Crippen molar-refractivity contribution in [3.05, 3.63) is 71.6 Å². The lowest BCUT2D eigenvalue weighted by Crippen LogP contribution is -2.23. The molecule has 116 valence electrons. The fourth-order valence-corrected chi connectivity index (χ4v) is 1.91. The third-order valence-corrected chi connectivity index (χ3v) is 3.06. The topological polar surface area (TPSA) is 68.0 Å². The first kappa shape index (κ1) is 14.8. The average molecular weight is 315 g/mol. The molecule has 3 aromatic rings. The Kier molecular flexibility index (Phi) is 4.09. The van der Waals surface area contributed by atoms with Gasteiger partial charge in [-0.1, -0.05) is 18.2 Å². The predicted octanol–water partition coefficient (Wildman–Crippen LogP) is 2.94. The molecule has 2 aromatic carbocycles. The van der Waals surface area contributed by atoms with Gasteiger partial charge in [-0.2, -0.15) is 0 Å². The zero-order chi connectivity index (χ0) is 16.2. The van der Waals surface area contributed by atoms with Crippen molar-refractivity contribution >= 4 is 5.91 Å². The van der Waals surface area contributed by atoms with Gasteiger partial charge in [-0.15, -0.1) is 10.2 Å². The molecule has 0 saturated carbocycles. The molecular formula is C16H11F2N3O2. The second kappa shape index (κ2) is 6.35. The number of aromatic nitrogens is 2. The van der Waals surface area contributed by atoms with Crippen LogP contribution in [0.3, 0.4) is 0 Å². The molecule has 0 saturated heterocycles. The molecule has 3 rings (SSSR count). The monoisotopic (exact) mass is 315 g/mol. The summed E-state index contributed by atoms with van der Waals surface area (Å²) in [6.45, 7) is 0.191. The molecule has 0 unspecified atom stereocenters. The molecule has 0 atom stereocenters. The molecule has 1 heterocycles. The van der Waals surface area contributed by atoms with Gasteiger partial charge in [-0.05, 0) is 35.9 Å². The Bertz CT molecular complexity index is 831. The van der Waals surface area contributed by atoms with Crippen LogP contribution >= 0.6 is 0 Å². The number of nitrogens with zero attached hydrogens (tertiary/aromatic N) is 2. The summed E-state index contributed by atoms with van der Waals surface area (Å²) in [5, 5.41) is 9.94. The van der Waals surface area contributed by atoms with E-state index in [-0.39, 0.29) is 24.1 Å². The second-order valence-electron chi connectivity index (χ2n) is 4.73. The summed E-state index contributed by atoms with van der Waals surface area (Å²) in [6, 6.07) is 11.3. The number of halogens is 2. The molecule has 23 heavy (non-hydrogen) atoms. The van der Waals surface area contributed by atoms with E-state index in [1.807, 2.05) is 0 Å². The van der Waals surface area contributed by atoms with Crippen LogP contribution in [0.2, 0.25) is 0 Å². The largest absolute Gasteiger partial charge is 0.412 e. The summed E-state index contributed by atoms with van der Waals surface area (Å²) in [7, 11) is 0. The van der Waals surface area contributed by atoms with E-state index < -0.39 is 11.7 Å². The van der Waals surface area contributed by atoms with E-state index >= 15 is 0 Å². The number of carbonyl (C=O) groups is 1. The van der Waals surface area contributed by atoms with Crippen molar-refractivity contribution < 1.29 is 18.0 Å². The number of amides is 1. The summed E-state index contributed by atoms with van der Waals surface area (Å²) in [5.74, 6) is -1.54. The lowest BCUT2D eigenvalue weighted by Gasteiger charge is -2.02. The number of benzene rings is 2. The maximum Gasteiger partial charge on any atom is 0.309 e. The summed E-state index contributed by atoms with van der Waals surface area (Å²) < 4.78 is 31.2. The van der Waals surface area contributed by atoms with Crippen LogP contribution in [0.1, 0.15) is 16.2 Å². The van der Waals surface area contributed by atoms with Crippen LogP contribution in [0.15, 0.2) is 52.9 Å². The summed E-state index contributed by atoms with van der Waals surface area (Å²) in [6.07, 6.45) is 0. The van der Waals surface area contributed by atoms with Crippen molar-refractivity contribution in [2.75, 3.05) is 0 Å². The Balaban J connectivity index is 1.67. The Hall–Kier alpha value is -3.09. The molecular weight excluding hydrogens is 304 g/mol. The number of hydrogen-bond acceptors (Lipinski definition) is 4. The second-order valence-corrected chi connectivity index (χ2v) is 4.73. The van der Waals surface area contributed by atoms with E-state index in [1.165, 1.54) is 30.3 Å². The van der Waals surface area contributed by atoms with Crippen molar-refractivity contribution in [2.24, 2.45) is 0 Å². The van der Waals surface area contributed by atoms with E-state index in [2.05, 4.69) is 15.5 Å². The first-order chi connectivity index (χ1) is 11.1. The fraction of sp³-hybridized carbons (Fsp3) is 0.0625. The van der Waals surface area contributed by atoms with Crippen molar-refractivity contribution in [1.82, 2.24) is 15.5 Å². The van der Waals surface area contributed by atoms with Crippen LogP contribution in [-0.2, 0) is 6.54 Å². The minimum Gasteiger partial charge on any atom is -0.412 e. The molecule has 0 radical (unpaired) electrons. The molecule has 0 bridgehead atoms. The smallest absolute Gasteiger partial charge is 0.309 e. The highest BCUT2D eigenvalue weighted by atomic mass is 19.1. The van der Waals surface area contributed by atoms with E-state index in [1.54, 1.807) is 18.2 Å². The Morgan fingerprint density at radius 1 is 1.04 bits per heavy atom. The van der Waals surface area contributed by atoms with Crippen molar-refractivity contribution in [1.29, 1.82) is 0 Å².